The monoisotopic (exact) mass is 520 g/mol. The maximum absolute atomic E-state index is 13.4. The molecule has 0 spiro atoms. The highest BCUT2D eigenvalue weighted by molar-refractivity contribution is 6.31. The molecule has 0 fully saturated rings. The average Bonchev–Trinajstić information content (AvgIpc) is 3.19. The Labute approximate surface area is 212 Å². The van der Waals surface area contributed by atoms with E-state index in [0.29, 0.717) is 10.7 Å². The predicted molar refractivity (Wildman–Crippen MR) is 138 cm³/mol. The summed E-state index contributed by atoms with van der Waals surface area (Å²) in [6, 6.07) is 22.5. The summed E-state index contributed by atoms with van der Waals surface area (Å²) in [7, 11) is 0. The molecule has 1 heterocycles. The highest BCUT2D eigenvalue weighted by Gasteiger charge is 2.39. The molecule has 0 bridgehead atoms. The van der Waals surface area contributed by atoms with E-state index in [4.69, 9.17) is 28.9 Å². The highest BCUT2D eigenvalue weighted by atomic mass is 35.5. The van der Waals surface area contributed by atoms with Crippen LogP contribution in [0.1, 0.15) is 19.5 Å². The highest BCUT2D eigenvalue weighted by Crippen LogP contribution is 2.41. The van der Waals surface area contributed by atoms with Gasteiger partial charge in [0.25, 0.3) is 0 Å². The molecule has 184 valence electrons. The SMILES string of the molecule is CCN(CC)c1cccc(Cl)c1.Nc1c(-c2cccc(Cl)c2)c(C(F)(F)F)nn1-c1ccccc1. The lowest BCUT2D eigenvalue weighted by molar-refractivity contribution is -0.140. The van der Waals surface area contributed by atoms with E-state index >= 15 is 0 Å². The first-order valence-corrected chi connectivity index (χ1v) is 11.7. The van der Waals surface area contributed by atoms with Crippen molar-refractivity contribution >= 4 is 34.7 Å². The minimum absolute atomic E-state index is 0.0919. The van der Waals surface area contributed by atoms with Crippen molar-refractivity contribution in [3.63, 3.8) is 0 Å². The van der Waals surface area contributed by atoms with Crippen molar-refractivity contribution in [1.82, 2.24) is 9.78 Å². The normalized spacial score (nSPS) is 11.1. The zero-order valence-electron chi connectivity index (χ0n) is 19.2. The predicted octanol–water partition coefficient (Wildman–Crippen LogP) is 7.98. The number of hydrogen-bond donors (Lipinski definition) is 1. The number of anilines is 2. The van der Waals surface area contributed by atoms with Crippen LogP contribution in [0.4, 0.5) is 24.7 Å². The fourth-order valence-corrected chi connectivity index (χ4v) is 3.96. The molecule has 0 aliphatic carbocycles. The van der Waals surface area contributed by atoms with Gasteiger partial charge < -0.3 is 10.6 Å². The Morgan fingerprint density at radius 3 is 2.00 bits per heavy atom. The molecule has 35 heavy (non-hydrogen) atoms. The molecule has 0 aliphatic rings. The van der Waals surface area contributed by atoms with Crippen molar-refractivity contribution in [2.45, 2.75) is 20.0 Å². The van der Waals surface area contributed by atoms with Crippen LogP contribution in [-0.4, -0.2) is 22.9 Å². The largest absolute Gasteiger partial charge is 0.435 e. The van der Waals surface area contributed by atoms with Crippen LogP contribution in [0, 0.1) is 0 Å². The van der Waals surface area contributed by atoms with Gasteiger partial charge in [-0.1, -0.05) is 59.6 Å². The summed E-state index contributed by atoms with van der Waals surface area (Å²) in [5.74, 6) is -0.0919. The Morgan fingerprint density at radius 1 is 0.857 bits per heavy atom. The first-order chi connectivity index (χ1) is 16.7. The molecular weight excluding hydrogens is 496 g/mol. The van der Waals surface area contributed by atoms with Gasteiger partial charge in [0, 0.05) is 28.8 Å². The van der Waals surface area contributed by atoms with Crippen LogP contribution in [0.3, 0.4) is 0 Å². The molecule has 1 aromatic heterocycles. The molecule has 0 unspecified atom stereocenters. The fourth-order valence-electron chi connectivity index (χ4n) is 3.59. The van der Waals surface area contributed by atoms with E-state index in [1.165, 1.54) is 17.8 Å². The van der Waals surface area contributed by atoms with Crippen molar-refractivity contribution in [3.8, 4) is 16.8 Å². The molecule has 2 N–H and O–H groups in total. The van der Waals surface area contributed by atoms with Crippen LogP contribution in [0.5, 0.6) is 0 Å². The van der Waals surface area contributed by atoms with Gasteiger partial charge in [0.1, 0.15) is 5.82 Å². The summed E-state index contributed by atoms with van der Waals surface area (Å²) >= 11 is 11.8. The Bertz CT molecular complexity index is 1250. The van der Waals surface area contributed by atoms with E-state index in [0.717, 1.165) is 22.8 Å². The van der Waals surface area contributed by atoms with Crippen molar-refractivity contribution in [3.05, 3.63) is 94.6 Å². The third kappa shape index (κ3) is 6.50. The van der Waals surface area contributed by atoms with E-state index in [9.17, 15) is 13.2 Å². The molecular formula is C26H25Cl2F3N4. The lowest BCUT2D eigenvalue weighted by atomic mass is 10.1. The third-order valence-electron chi connectivity index (χ3n) is 5.24. The van der Waals surface area contributed by atoms with Crippen LogP contribution in [0.2, 0.25) is 10.0 Å². The number of alkyl halides is 3. The van der Waals surface area contributed by atoms with Crippen molar-refractivity contribution in [2.75, 3.05) is 23.7 Å². The van der Waals surface area contributed by atoms with E-state index in [1.807, 2.05) is 18.2 Å². The molecule has 0 saturated heterocycles. The van der Waals surface area contributed by atoms with Gasteiger partial charge in [-0.3, -0.25) is 0 Å². The fraction of sp³-hybridized carbons (Fsp3) is 0.192. The van der Waals surface area contributed by atoms with Crippen LogP contribution in [0.15, 0.2) is 78.9 Å². The Kier molecular flexibility index (Phi) is 8.70. The van der Waals surface area contributed by atoms with Gasteiger partial charge in [-0.25, -0.2) is 4.68 Å². The molecule has 3 aromatic carbocycles. The second-order valence-electron chi connectivity index (χ2n) is 7.52. The number of nitrogens with zero attached hydrogens (tertiary/aromatic N) is 3. The second-order valence-corrected chi connectivity index (χ2v) is 8.39. The van der Waals surface area contributed by atoms with Crippen LogP contribution < -0.4 is 10.6 Å². The number of benzene rings is 3. The first kappa shape index (κ1) is 26.4. The number of halogens is 5. The zero-order chi connectivity index (χ0) is 25.6. The number of aromatic nitrogens is 2. The Hall–Kier alpha value is -3.16. The second kappa shape index (κ2) is 11.5. The standard InChI is InChI=1S/C16H11ClF3N3.C10H14ClN/c17-11-6-4-5-10(9-11)13-14(16(18,19)20)22-23(15(13)21)12-7-2-1-3-8-12;1-3-12(4-2)10-7-5-6-9(11)8-10/h1-9H,21H2;5-8H,3-4H2,1-2H3. The Balaban J connectivity index is 0.000000241. The van der Waals surface area contributed by atoms with E-state index in [1.54, 1.807) is 42.5 Å². The van der Waals surface area contributed by atoms with Gasteiger partial charge in [0.15, 0.2) is 5.69 Å². The molecule has 0 saturated carbocycles. The summed E-state index contributed by atoms with van der Waals surface area (Å²) in [5.41, 5.74) is 6.67. The molecule has 0 atom stereocenters. The van der Waals surface area contributed by atoms with E-state index in [-0.39, 0.29) is 16.9 Å². The minimum Gasteiger partial charge on any atom is -0.383 e. The van der Waals surface area contributed by atoms with Crippen molar-refractivity contribution in [2.24, 2.45) is 0 Å². The molecule has 4 aromatic rings. The van der Waals surface area contributed by atoms with Gasteiger partial charge in [0.05, 0.1) is 11.3 Å². The number of nitrogens with two attached hydrogens (primary N) is 1. The summed E-state index contributed by atoms with van der Waals surface area (Å²) in [5, 5.41) is 4.81. The number of nitrogen functional groups attached to an aromatic ring is 1. The molecule has 0 aliphatic heterocycles. The number of rotatable bonds is 5. The van der Waals surface area contributed by atoms with E-state index < -0.39 is 11.9 Å². The van der Waals surface area contributed by atoms with Gasteiger partial charge in [-0.2, -0.15) is 18.3 Å². The third-order valence-corrected chi connectivity index (χ3v) is 5.71. The van der Waals surface area contributed by atoms with E-state index in [2.05, 4.69) is 29.9 Å². The molecule has 4 rings (SSSR count). The number of hydrogen-bond acceptors (Lipinski definition) is 3. The molecule has 4 nitrogen and oxygen atoms in total. The Morgan fingerprint density at radius 2 is 1.46 bits per heavy atom. The van der Waals surface area contributed by atoms with Gasteiger partial charge >= 0.3 is 6.18 Å². The maximum atomic E-state index is 13.4. The lowest BCUT2D eigenvalue weighted by Gasteiger charge is -2.20. The summed E-state index contributed by atoms with van der Waals surface area (Å²) < 4.78 is 41.2. The zero-order valence-corrected chi connectivity index (χ0v) is 20.7. The minimum atomic E-state index is -4.63. The maximum Gasteiger partial charge on any atom is 0.435 e. The van der Waals surface area contributed by atoms with Gasteiger partial charge in [-0.15, -0.1) is 0 Å². The molecule has 0 radical (unpaired) electrons. The first-order valence-electron chi connectivity index (χ1n) is 10.9. The quantitative estimate of drug-likeness (QED) is 0.290. The number of para-hydroxylation sites is 1. The van der Waals surface area contributed by atoms with Crippen molar-refractivity contribution < 1.29 is 13.2 Å². The van der Waals surface area contributed by atoms with Crippen LogP contribution >= 0.6 is 23.2 Å². The van der Waals surface area contributed by atoms with Gasteiger partial charge in [-0.05, 0) is 61.9 Å². The van der Waals surface area contributed by atoms with Crippen LogP contribution in [-0.2, 0) is 6.18 Å². The average molecular weight is 521 g/mol. The summed E-state index contributed by atoms with van der Waals surface area (Å²) in [4.78, 5) is 2.27. The summed E-state index contributed by atoms with van der Waals surface area (Å²) in [6.07, 6.45) is -4.63. The van der Waals surface area contributed by atoms with Crippen molar-refractivity contribution in [1.29, 1.82) is 0 Å². The van der Waals surface area contributed by atoms with Gasteiger partial charge in [0.2, 0.25) is 0 Å². The van der Waals surface area contributed by atoms with Crippen LogP contribution in [0.25, 0.3) is 16.8 Å². The smallest absolute Gasteiger partial charge is 0.383 e. The molecule has 9 heteroatoms. The summed E-state index contributed by atoms with van der Waals surface area (Å²) in [6.45, 7) is 6.34. The lowest BCUT2D eigenvalue weighted by Crippen LogP contribution is -2.21. The molecule has 0 amide bonds. The topological polar surface area (TPSA) is 47.1 Å².